The predicted molar refractivity (Wildman–Crippen MR) is 156 cm³/mol. The summed E-state index contributed by atoms with van der Waals surface area (Å²) in [5.74, 6) is -1.55. The minimum Gasteiger partial charge on any atom is -0.444 e. The van der Waals surface area contributed by atoms with Crippen LogP contribution in [-0.2, 0) is 4.74 Å². The van der Waals surface area contributed by atoms with Crippen LogP contribution in [0.5, 0.6) is 0 Å². The van der Waals surface area contributed by atoms with Gasteiger partial charge in [-0.25, -0.2) is 14.8 Å². The second-order valence-corrected chi connectivity index (χ2v) is 10.2. The van der Waals surface area contributed by atoms with Gasteiger partial charge in [0.2, 0.25) is 0 Å². The molecule has 3 N–H and O–H groups in total. The summed E-state index contributed by atoms with van der Waals surface area (Å²) in [6.07, 6.45) is 6.08. The highest BCUT2D eigenvalue weighted by Gasteiger charge is 2.26. The molecule has 3 amide bonds. The SMILES string of the molecule is C=C(NC(=O)c1ncn2c(=O)c3c(C(=O)Nc4ccccc4C)ncn3c(=O)c12)/C(=C\C=C/C)NC(=O)OC(C)(C)C. The smallest absolute Gasteiger partial charge is 0.412 e. The van der Waals surface area contributed by atoms with E-state index in [0.717, 1.165) is 27.0 Å². The van der Waals surface area contributed by atoms with Gasteiger partial charge in [-0.2, -0.15) is 0 Å². The van der Waals surface area contributed by atoms with Crippen LogP contribution in [0.4, 0.5) is 10.5 Å². The molecule has 0 fully saturated rings. The van der Waals surface area contributed by atoms with Crippen LogP contribution in [0, 0.1) is 6.92 Å². The number of imidazole rings is 2. The van der Waals surface area contributed by atoms with E-state index in [4.69, 9.17) is 4.74 Å². The minimum atomic E-state index is -0.867. The Bertz CT molecular complexity index is 1910. The number of fused-ring (bicyclic) bond motifs is 2. The van der Waals surface area contributed by atoms with Crippen LogP contribution in [0.25, 0.3) is 11.0 Å². The third-order valence-electron chi connectivity index (χ3n) is 5.88. The molecular weight excluding hydrogens is 542 g/mol. The predicted octanol–water partition coefficient (Wildman–Crippen LogP) is 2.93. The Kier molecular flexibility index (Phi) is 8.04. The molecule has 0 atom stereocenters. The van der Waals surface area contributed by atoms with Gasteiger partial charge >= 0.3 is 6.09 Å². The van der Waals surface area contributed by atoms with Gasteiger partial charge in [0.1, 0.15) is 29.3 Å². The maximum Gasteiger partial charge on any atom is 0.412 e. The van der Waals surface area contributed by atoms with Crippen molar-refractivity contribution in [3.05, 3.63) is 111 Å². The maximum absolute atomic E-state index is 13.4. The van der Waals surface area contributed by atoms with E-state index in [-0.39, 0.29) is 33.8 Å². The number of anilines is 1. The molecule has 0 aliphatic carbocycles. The topological polar surface area (TPSA) is 165 Å². The highest BCUT2D eigenvalue weighted by Crippen LogP contribution is 2.16. The molecule has 3 heterocycles. The summed E-state index contributed by atoms with van der Waals surface area (Å²) in [5, 5.41) is 7.70. The average Bonchev–Trinajstić information content (AvgIpc) is 3.56. The molecular formula is C29H29N7O6. The third kappa shape index (κ3) is 5.94. The lowest BCUT2D eigenvalue weighted by molar-refractivity contribution is 0.0545. The number of amides is 3. The molecule has 4 rings (SSSR count). The van der Waals surface area contributed by atoms with Gasteiger partial charge in [0.15, 0.2) is 11.4 Å². The fourth-order valence-electron chi connectivity index (χ4n) is 3.96. The van der Waals surface area contributed by atoms with E-state index in [0.29, 0.717) is 5.69 Å². The fraction of sp³-hybridized carbons (Fsp3) is 0.207. The number of para-hydroxylation sites is 1. The van der Waals surface area contributed by atoms with E-state index in [9.17, 15) is 24.0 Å². The second kappa shape index (κ2) is 11.5. The first-order chi connectivity index (χ1) is 19.8. The fourth-order valence-corrected chi connectivity index (χ4v) is 3.96. The number of nitrogens with zero attached hydrogens (tertiary/aromatic N) is 4. The lowest BCUT2D eigenvalue weighted by atomic mass is 10.2. The zero-order chi connectivity index (χ0) is 30.8. The number of hydrogen-bond acceptors (Lipinski definition) is 8. The number of carbonyl (C=O) groups is 3. The summed E-state index contributed by atoms with van der Waals surface area (Å²) in [5.41, 5.74) is -2.18. The van der Waals surface area contributed by atoms with Crippen molar-refractivity contribution in [3.63, 3.8) is 0 Å². The Hall–Kier alpha value is -5.59. The Morgan fingerprint density at radius 1 is 0.929 bits per heavy atom. The molecule has 0 unspecified atom stereocenters. The zero-order valence-electron chi connectivity index (χ0n) is 23.6. The average molecular weight is 572 g/mol. The van der Waals surface area contributed by atoms with Gasteiger partial charge in [0, 0.05) is 5.69 Å². The minimum absolute atomic E-state index is 0.0289. The lowest BCUT2D eigenvalue weighted by Gasteiger charge is -2.21. The third-order valence-corrected chi connectivity index (χ3v) is 5.88. The Balaban J connectivity index is 1.66. The number of benzene rings is 1. The summed E-state index contributed by atoms with van der Waals surface area (Å²) in [7, 11) is 0. The molecule has 0 bridgehead atoms. The molecule has 0 aliphatic heterocycles. The van der Waals surface area contributed by atoms with Crippen LogP contribution in [0.2, 0.25) is 0 Å². The summed E-state index contributed by atoms with van der Waals surface area (Å²) < 4.78 is 7.05. The Morgan fingerprint density at radius 3 is 2.05 bits per heavy atom. The molecule has 42 heavy (non-hydrogen) atoms. The number of alkyl carbamates (subject to hydrolysis) is 1. The first-order valence-electron chi connectivity index (χ1n) is 12.8. The molecule has 0 saturated heterocycles. The molecule has 0 spiro atoms. The quantitative estimate of drug-likeness (QED) is 0.285. The van der Waals surface area contributed by atoms with Crippen molar-refractivity contribution in [1.29, 1.82) is 0 Å². The Morgan fingerprint density at radius 2 is 1.50 bits per heavy atom. The van der Waals surface area contributed by atoms with E-state index in [1.54, 1.807) is 65.0 Å². The standard InChI is InChI=1S/C29H29N7O6/c1-7-8-12-19(34-28(41)42-29(4,5)6)17(3)32-24(37)20-22-26(39)36-15-31-21(23(36)27(40)35(22)14-30-20)25(38)33-18-13-10-9-11-16(18)2/h7-15H,3H2,1-2,4-6H3,(H,32,37)(H,33,38)(H,34,41)/b8-7-,19-12+. The first-order valence-corrected chi connectivity index (χ1v) is 12.8. The van der Waals surface area contributed by atoms with Gasteiger partial charge in [-0.05, 0) is 52.3 Å². The number of rotatable bonds is 7. The van der Waals surface area contributed by atoms with Gasteiger partial charge < -0.3 is 15.4 Å². The van der Waals surface area contributed by atoms with Crippen LogP contribution >= 0.6 is 0 Å². The number of allylic oxidation sites excluding steroid dienone is 3. The van der Waals surface area contributed by atoms with Crippen LogP contribution in [-0.4, -0.2) is 42.3 Å². The number of carbonyl (C=O) groups excluding carboxylic acids is 3. The summed E-state index contributed by atoms with van der Waals surface area (Å²) in [6.45, 7) is 12.5. The molecule has 0 radical (unpaired) electrons. The number of nitrogens with one attached hydrogen (secondary N) is 3. The summed E-state index contributed by atoms with van der Waals surface area (Å²) >= 11 is 0. The van der Waals surface area contributed by atoms with Gasteiger partial charge in [-0.1, -0.05) is 36.9 Å². The Labute approximate surface area is 239 Å². The molecule has 4 aromatic rings. The number of hydrogen-bond donors (Lipinski definition) is 3. The van der Waals surface area contributed by atoms with Crippen molar-refractivity contribution < 1.29 is 19.1 Å². The monoisotopic (exact) mass is 571 g/mol. The van der Waals surface area contributed by atoms with E-state index in [1.165, 1.54) is 6.08 Å². The highest BCUT2D eigenvalue weighted by atomic mass is 16.6. The van der Waals surface area contributed by atoms with E-state index >= 15 is 0 Å². The maximum atomic E-state index is 13.4. The molecule has 3 aromatic heterocycles. The second-order valence-electron chi connectivity index (χ2n) is 10.2. The van der Waals surface area contributed by atoms with Crippen LogP contribution in [0.15, 0.2) is 82.7 Å². The summed E-state index contributed by atoms with van der Waals surface area (Å²) in [4.78, 5) is 73.3. The molecule has 13 nitrogen and oxygen atoms in total. The first kappa shape index (κ1) is 29.4. The highest BCUT2D eigenvalue weighted by molar-refractivity contribution is 6.08. The van der Waals surface area contributed by atoms with E-state index in [2.05, 4.69) is 32.5 Å². The number of aryl methyl sites for hydroxylation is 1. The van der Waals surface area contributed by atoms with Gasteiger partial charge in [-0.3, -0.25) is 33.3 Å². The van der Waals surface area contributed by atoms with Crippen molar-refractivity contribution in [2.24, 2.45) is 0 Å². The van der Waals surface area contributed by atoms with E-state index in [1.807, 2.05) is 6.07 Å². The van der Waals surface area contributed by atoms with Gasteiger partial charge in [0.25, 0.3) is 22.9 Å². The number of aromatic nitrogens is 4. The van der Waals surface area contributed by atoms with Crippen LogP contribution < -0.4 is 27.1 Å². The zero-order valence-corrected chi connectivity index (χ0v) is 23.6. The van der Waals surface area contributed by atoms with Crippen molar-refractivity contribution in [1.82, 2.24) is 29.4 Å². The largest absolute Gasteiger partial charge is 0.444 e. The normalized spacial score (nSPS) is 12.1. The van der Waals surface area contributed by atoms with E-state index < -0.39 is 34.6 Å². The molecule has 13 heteroatoms. The van der Waals surface area contributed by atoms with Crippen LogP contribution in [0.1, 0.15) is 54.2 Å². The summed E-state index contributed by atoms with van der Waals surface area (Å²) in [6, 6.07) is 7.05. The van der Waals surface area contributed by atoms with Crippen molar-refractivity contribution >= 4 is 34.6 Å². The van der Waals surface area contributed by atoms with Crippen molar-refractivity contribution in [3.8, 4) is 0 Å². The van der Waals surface area contributed by atoms with Crippen molar-refractivity contribution in [2.45, 2.75) is 40.2 Å². The van der Waals surface area contributed by atoms with Crippen molar-refractivity contribution in [2.75, 3.05) is 5.32 Å². The molecule has 216 valence electrons. The molecule has 0 saturated carbocycles. The molecule has 0 aliphatic rings. The lowest BCUT2D eigenvalue weighted by Crippen LogP contribution is -2.35. The van der Waals surface area contributed by atoms with Gasteiger partial charge in [-0.15, -0.1) is 0 Å². The van der Waals surface area contributed by atoms with Crippen LogP contribution in [0.3, 0.4) is 0 Å². The van der Waals surface area contributed by atoms with Gasteiger partial charge in [0.05, 0.1) is 11.4 Å². The molecule has 1 aromatic carbocycles. The number of ether oxygens (including phenoxy) is 1.